The zero-order chi connectivity index (χ0) is 22.4. The van der Waals surface area contributed by atoms with Crippen molar-refractivity contribution in [2.45, 2.75) is 26.8 Å². The number of aliphatic hydroxyl groups excluding tert-OH is 1. The van der Waals surface area contributed by atoms with Crippen LogP contribution in [0.1, 0.15) is 37.9 Å². The van der Waals surface area contributed by atoms with E-state index in [-0.39, 0.29) is 11.3 Å². The van der Waals surface area contributed by atoms with Gasteiger partial charge in [0.05, 0.1) is 18.2 Å². The summed E-state index contributed by atoms with van der Waals surface area (Å²) in [7, 11) is 0. The summed E-state index contributed by atoms with van der Waals surface area (Å²) in [5, 5.41) is 11.0. The van der Waals surface area contributed by atoms with Crippen molar-refractivity contribution in [2.75, 3.05) is 32.8 Å². The van der Waals surface area contributed by atoms with Crippen molar-refractivity contribution in [1.82, 2.24) is 9.80 Å². The fraction of sp³-hybridized carbons (Fsp3) is 0.360. The number of Topliss-reactive ketones (excluding diaryl/α,β-unsaturated/α-hetero) is 1. The molecule has 3 rings (SSSR count). The molecule has 0 spiro atoms. The van der Waals surface area contributed by atoms with Crippen molar-refractivity contribution in [3.8, 4) is 5.75 Å². The van der Waals surface area contributed by atoms with E-state index >= 15 is 0 Å². The highest BCUT2D eigenvalue weighted by atomic mass is 16.5. The highest BCUT2D eigenvalue weighted by molar-refractivity contribution is 6.46. The van der Waals surface area contributed by atoms with Crippen LogP contribution in [0.2, 0.25) is 0 Å². The van der Waals surface area contributed by atoms with Gasteiger partial charge in [0, 0.05) is 18.7 Å². The highest BCUT2D eigenvalue weighted by Crippen LogP contribution is 2.40. The van der Waals surface area contributed by atoms with Gasteiger partial charge in [-0.1, -0.05) is 56.3 Å². The topological polar surface area (TPSA) is 70.1 Å². The molecular weight excluding hydrogens is 392 g/mol. The Balaban J connectivity index is 2.09. The number of amides is 1. The highest BCUT2D eigenvalue weighted by Gasteiger charge is 2.46. The number of nitrogens with zero attached hydrogens (tertiary/aromatic N) is 2. The van der Waals surface area contributed by atoms with Crippen LogP contribution >= 0.6 is 0 Å². The molecule has 31 heavy (non-hydrogen) atoms. The van der Waals surface area contributed by atoms with E-state index in [0.717, 1.165) is 18.7 Å². The summed E-state index contributed by atoms with van der Waals surface area (Å²) in [6, 6.07) is 15.6. The Labute approximate surface area is 183 Å². The second-order valence-electron chi connectivity index (χ2n) is 7.39. The minimum atomic E-state index is -0.670. The molecule has 1 amide bonds. The van der Waals surface area contributed by atoms with E-state index in [0.29, 0.717) is 31.0 Å². The molecule has 6 heteroatoms. The zero-order valence-corrected chi connectivity index (χ0v) is 18.4. The number of ketones is 1. The van der Waals surface area contributed by atoms with Gasteiger partial charge >= 0.3 is 0 Å². The maximum Gasteiger partial charge on any atom is 0.295 e. The Morgan fingerprint density at radius 3 is 2.39 bits per heavy atom. The van der Waals surface area contributed by atoms with Crippen molar-refractivity contribution >= 4 is 17.4 Å². The van der Waals surface area contributed by atoms with Crippen LogP contribution in [0.5, 0.6) is 5.75 Å². The number of likely N-dealkylation sites (N-methyl/N-ethyl adjacent to an activating group) is 1. The molecule has 2 aromatic rings. The lowest BCUT2D eigenvalue weighted by molar-refractivity contribution is -0.140. The summed E-state index contributed by atoms with van der Waals surface area (Å²) in [4.78, 5) is 29.8. The molecule has 1 N–H and O–H groups in total. The number of hydrogen-bond donors (Lipinski definition) is 1. The van der Waals surface area contributed by atoms with Crippen molar-refractivity contribution in [1.29, 1.82) is 0 Å². The van der Waals surface area contributed by atoms with Gasteiger partial charge in [0.25, 0.3) is 11.7 Å². The Morgan fingerprint density at radius 2 is 1.74 bits per heavy atom. The van der Waals surface area contributed by atoms with Crippen molar-refractivity contribution in [3.05, 3.63) is 71.3 Å². The number of benzene rings is 2. The molecule has 1 atom stereocenters. The first-order valence-corrected chi connectivity index (χ1v) is 10.8. The van der Waals surface area contributed by atoms with Gasteiger partial charge in [0.1, 0.15) is 11.5 Å². The monoisotopic (exact) mass is 422 g/mol. The third kappa shape index (κ3) is 4.80. The number of carbonyl (C=O) groups excluding carboxylic acids is 2. The van der Waals surface area contributed by atoms with E-state index < -0.39 is 17.7 Å². The van der Waals surface area contributed by atoms with E-state index in [2.05, 4.69) is 18.7 Å². The number of ether oxygens (including phenoxy) is 1. The van der Waals surface area contributed by atoms with Gasteiger partial charge in [-0.25, -0.2) is 0 Å². The summed E-state index contributed by atoms with van der Waals surface area (Å²) in [5.41, 5.74) is 1.36. The van der Waals surface area contributed by atoms with Gasteiger partial charge in [-0.3, -0.25) is 9.59 Å². The van der Waals surface area contributed by atoms with E-state index in [4.69, 9.17) is 4.74 Å². The molecule has 2 aromatic carbocycles. The number of likely N-dealkylation sites (tertiary alicyclic amines) is 1. The second-order valence-corrected chi connectivity index (χ2v) is 7.39. The lowest BCUT2D eigenvalue weighted by Gasteiger charge is -2.28. The lowest BCUT2D eigenvalue weighted by Crippen LogP contribution is -2.38. The predicted molar refractivity (Wildman–Crippen MR) is 121 cm³/mol. The molecule has 1 unspecified atom stereocenters. The van der Waals surface area contributed by atoms with Gasteiger partial charge in [0.15, 0.2) is 0 Å². The molecule has 0 saturated carbocycles. The van der Waals surface area contributed by atoms with Gasteiger partial charge in [-0.15, -0.1) is 0 Å². The van der Waals surface area contributed by atoms with Crippen LogP contribution < -0.4 is 4.74 Å². The third-order valence-electron chi connectivity index (χ3n) is 5.62. The largest absolute Gasteiger partial charge is 0.507 e. The van der Waals surface area contributed by atoms with Crippen LogP contribution in [-0.4, -0.2) is 59.4 Å². The smallest absolute Gasteiger partial charge is 0.295 e. The van der Waals surface area contributed by atoms with Gasteiger partial charge in [-0.2, -0.15) is 0 Å². The van der Waals surface area contributed by atoms with Crippen LogP contribution in [0.15, 0.2) is 60.2 Å². The van der Waals surface area contributed by atoms with Gasteiger partial charge in [0.2, 0.25) is 0 Å². The first kappa shape index (κ1) is 22.6. The van der Waals surface area contributed by atoms with Gasteiger partial charge in [-0.05, 0) is 37.7 Å². The first-order valence-electron chi connectivity index (χ1n) is 10.8. The third-order valence-corrected chi connectivity index (χ3v) is 5.62. The molecule has 0 aromatic heterocycles. The average Bonchev–Trinajstić information content (AvgIpc) is 3.05. The molecule has 1 saturated heterocycles. The van der Waals surface area contributed by atoms with E-state index in [1.54, 1.807) is 29.2 Å². The summed E-state index contributed by atoms with van der Waals surface area (Å²) in [5.74, 6) is -0.741. The molecule has 0 aliphatic carbocycles. The maximum absolute atomic E-state index is 13.1. The molecule has 164 valence electrons. The number of carbonyl (C=O) groups is 2. The van der Waals surface area contributed by atoms with Crippen LogP contribution in [-0.2, 0) is 9.59 Å². The second kappa shape index (κ2) is 10.3. The summed E-state index contributed by atoms with van der Waals surface area (Å²) in [6.45, 7) is 9.29. The molecule has 0 radical (unpaired) electrons. The molecule has 0 bridgehead atoms. The zero-order valence-electron chi connectivity index (χ0n) is 18.4. The van der Waals surface area contributed by atoms with Crippen LogP contribution in [0, 0.1) is 0 Å². The maximum atomic E-state index is 13.1. The SMILES string of the molecule is CCOc1cccc(C2C(=C(O)c3ccccc3)C(=O)C(=O)N2CCN(CC)CC)c1. The quantitative estimate of drug-likeness (QED) is 0.378. The molecule has 6 nitrogen and oxygen atoms in total. The Kier molecular flexibility index (Phi) is 7.47. The summed E-state index contributed by atoms with van der Waals surface area (Å²) < 4.78 is 5.63. The minimum Gasteiger partial charge on any atom is -0.507 e. The van der Waals surface area contributed by atoms with Crippen molar-refractivity contribution in [3.63, 3.8) is 0 Å². The molecular formula is C25H30N2O4. The van der Waals surface area contributed by atoms with Crippen LogP contribution in [0.3, 0.4) is 0 Å². The first-order chi connectivity index (χ1) is 15.0. The lowest BCUT2D eigenvalue weighted by atomic mass is 9.95. The molecule has 1 aliphatic heterocycles. The molecule has 1 aliphatic rings. The average molecular weight is 423 g/mol. The minimum absolute atomic E-state index is 0.115. The van der Waals surface area contributed by atoms with E-state index in [9.17, 15) is 14.7 Å². The normalized spacial score (nSPS) is 18.1. The predicted octanol–water partition coefficient (Wildman–Crippen LogP) is 3.85. The van der Waals surface area contributed by atoms with Crippen LogP contribution in [0.25, 0.3) is 5.76 Å². The fourth-order valence-electron chi connectivity index (χ4n) is 3.94. The molecule has 1 fully saturated rings. The standard InChI is InChI=1S/C25H30N2O4/c1-4-26(5-2)15-16-27-22(19-13-10-14-20(17-19)31-6-3)21(24(29)25(27)30)23(28)18-11-8-7-9-12-18/h7-14,17,22,28H,4-6,15-16H2,1-3H3. The number of aliphatic hydroxyl groups is 1. The summed E-state index contributed by atoms with van der Waals surface area (Å²) in [6.07, 6.45) is 0. The fourth-order valence-corrected chi connectivity index (χ4v) is 3.94. The van der Waals surface area contributed by atoms with Crippen molar-refractivity contribution < 1.29 is 19.4 Å². The Morgan fingerprint density at radius 1 is 1.03 bits per heavy atom. The van der Waals surface area contributed by atoms with Crippen molar-refractivity contribution in [2.24, 2.45) is 0 Å². The Bertz CT molecular complexity index is 951. The number of hydrogen-bond acceptors (Lipinski definition) is 5. The van der Waals surface area contributed by atoms with E-state index in [1.807, 2.05) is 37.3 Å². The van der Waals surface area contributed by atoms with Crippen LogP contribution in [0.4, 0.5) is 0 Å². The summed E-state index contributed by atoms with van der Waals surface area (Å²) >= 11 is 0. The number of rotatable bonds is 9. The van der Waals surface area contributed by atoms with E-state index in [1.165, 1.54) is 0 Å². The van der Waals surface area contributed by atoms with Gasteiger partial charge < -0.3 is 19.6 Å². The molecule has 1 heterocycles. The Hall–Kier alpha value is -3.12.